The summed E-state index contributed by atoms with van der Waals surface area (Å²) in [4.78, 5) is 15.2. The Hall–Kier alpha value is -0.590. The van der Waals surface area contributed by atoms with Gasteiger partial charge in [-0.25, -0.2) is 4.98 Å². The Labute approximate surface area is 107 Å². The highest BCUT2D eigenvalue weighted by molar-refractivity contribution is 9.10. The summed E-state index contributed by atoms with van der Waals surface area (Å²) in [6.07, 6.45) is 2.30. The molecule has 2 N–H and O–H groups in total. The monoisotopic (exact) mass is 304 g/mol. The fourth-order valence-corrected chi connectivity index (χ4v) is 2.53. The number of halogens is 1. The molecule has 4 nitrogen and oxygen atoms in total. The molecule has 0 spiro atoms. The molecule has 1 aromatic rings. The van der Waals surface area contributed by atoms with Crippen LogP contribution in [0.25, 0.3) is 0 Å². The Morgan fingerprint density at radius 2 is 2.50 bits per heavy atom. The minimum Gasteiger partial charge on any atom is -0.468 e. The van der Waals surface area contributed by atoms with Gasteiger partial charge >= 0.3 is 5.97 Å². The number of ether oxygens (including phenoxy) is 1. The van der Waals surface area contributed by atoms with Gasteiger partial charge in [-0.05, 0) is 34.5 Å². The fraction of sp³-hybridized carbons (Fsp3) is 0.400. The van der Waals surface area contributed by atoms with Crippen molar-refractivity contribution in [3.63, 3.8) is 0 Å². The first-order valence-electron chi connectivity index (χ1n) is 4.72. The van der Waals surface area contributed by atoms with E-state index in [0.29, 0.717) is 6.42 Å². The lowest BCUT2D eigenvalue weighted by atomic mass is 10.2. The molecule has 0 aliphatic rings. The standard InChI is InChI=1S/C10H13BrN2O2S/c1-15-10(14)8(12)4-6-16-9-7(11)3-2-5-13-9/h2-3,5,8H,4,6,12H2,1H3. The van der Waals surface area contributed by atoms with E-state index in [1.807, 2.05) is 12.1 Å². The number of esters is 1. The molecule has 6 heteroatoms. The van der Waals surface area contributed by atoms with Crippen LogP contribution in [0.15, 0.2) is 27.8 Å². The minimum atomic E-state index is -0.556. The molecule has 1 unspecified atom stereocenters. The van der Waals surface area contributed by atoms with E-state index in [-0.39, 0.29) is 5.97 Å². The largest absolute Gasteiger partial charge is 0.468 e. The van der Waals surface area contributed by atoms with Gasteiger partial charge in [0.1, 0.15) is 11.1 Å². The summed E-state index contributed by atoms with van der Waals surface area (Å²) in [7, 11) is 1.34. The molecule has 1 heterocycles. The van der Waals surface area contributed by atoms with E-state index >= 15 is 0 Å². The summed E-state index contributed by atoms with van der Waals surface area (Å²) in [5, 5.41) is 0.902. The summed E-state index contributed by atoms with van der Waals surface area (Å²) < 4.78 is 5.49. The number of methoxy groups -OCH3 is 1. The van der Waals surface area contributed by atoms with Crippen molar-refractivity contribution >= 4 is 33.7 Å². The first-order chi connectivity index (χ1) is 7.65. The van der Waals surface area contributed by atoms with E-state index in [9.17, 15) is 4.79 Å². The van der Waals surface area contributed by atoms with Crippen molar-refractivity contribution in [3.8, 4) is 0 Å². The highest BCUT2D eigenvalue weighted by atomic mass is 79.9. The van der Waals surface area contributed by atoms with Gasteiger partial charge in [0, 0.05) is 16.4 Å². The topological polar surface area (TPSA) is 65.2 Å². The SMILES string of the molecule is COC(=O)C(N)CCSc1ncccc1Br. The molecule has 0 aliphatic carbocycles. The van der Waals surface area contributed by atoms with E-state index < -0.39 is 6.04 Å². The molecule has 0 radical (unpaired) electrons. The third kappa shape index (κ3) is 4.11. The lowest BCUT2D eigenvalue weighted by molar-refractivity contribution is -0.142. The van der Waals surface area contributed by atoms with Gasteiger partial charge in [0.05, 0.1) is 7.11 Å². The zero-order chi connectivity index (χ0) is 12.0. The van der Waals surface area contributed by atoms with Crippen LogP contribution in [0.4, 0.5) is 0 Å². The van der Waals surface area contributed by atoms with Gasteiger partial charge in [0.25, 0.3) is 0 Å². The number of carbonyl (C=O) groups excluding carboxylic acids is 1. The summed E-state index contributed by atoms with van der Waals surface area (Å²) in [6, 6.07) is 3.23. The molecule has 0 saturated heterocycles. The van der Waals surface area contributed by atoms with Crippen LogP contribution in [0.5, 0.6) is 0 Å². The Morgan fingerprint density at radius 1 is 1.75 bits per heavy atom. The smallest absolute Gasteiger partial charge is 0.322 e. The second kappa shape index (κ2) is 6.88. The highest BCUT2D eigenvalue weighted by Gasteiger charge is 2.13. The Morgan fingerprint density at radius 3 is 3.12 bits per heavy atom. The van der Waals surface area contributed by atoms with Crippen molar-refractivity contribution in [2.24, 2.45) is 5.73 Å². The first kappa shape index (κ1) is 13.5. The van der Waals surface area contributed by atoms with Gasteiger partial charge in [-0.1, -0.05) is 0 Å². The molecule has 0 aliphatic heterocycles. The minimum absolute atomic E-state index is 0.374. The summed E-state index contributed by atoms with van der Waals surface area (Å²) >= 11 is 4.96. The molecule has 0 fully saturated rings. The van der Waals surface area contributed by atoms with E-state index in [1.165, 1.54) is 7.11 Å². The number of hydrogen-bond donors (Lipinski definition) is 1. The van der Waals surface area contributed by atoms with Crippen LogP contribution in [0.3, 0.4) is 0 Å². The number of pyridine rings is 1. The van der Waals surface area contributed by atoms with Crippen molar-refractivity contribution in [2.75, 3.05) is 12.9 Å². The Kier molecular flexibility index (Phi) is 5.79. The van der Waals surface area contributed by atoms with Crippen LogP contribution < -0.4 is 5.73 Å². The van der Waals surface area contributed by atoms with Crippen LogP contribution in [0.1, 0.15) is 6.42 Å². The average Bonchev–Trinajstić information content (AvgIpc) is 2.30. The maximum Gasteiger partial charge on any atom is 0.322 e. The van der Waals surface area contributed by atoms with E-state index in [2.05, 4.69) is 25.7 Å². The maximum absolute atomic E-state index is 11.0. The molecular formula is C10H13BrN2O2S. The molecular weight excluding hydrogens is 292 g/mol. The normalized spacial score (nSPS) is 12.2. The van der Waals surface area contributed by atoms with Crippen molar-refractivity contribution in [2.45, 2.75) is 17.5 Å². The van der Waals surface area contributed by atoms with Crippen LogP contribution >= 0.6 is 27.7 Å². The van der Waals surface area contributed by atoms with Crippen molar-refractivity contribution < 1.29 is 9.53 Å². The Bertz CT molecular complexity index is 362. The zero-order valence-corrected chi connectivity index (χ0v) is 11.3. The van der Waals surface area contributed by atoms with E-state index in [1.54, 1.807) is 18.0 Å². The molecule has 1 aromatic heterocycles. The lowest BCUT2D eigenvalue weighted by Gasteiger charge is -2.08. The molecule has 0 bridgehead atoms. The maximum atomic E-state index is 11.0. The predicted octanol–water partition coefficient (Wildman–Crippen LogP) is 1.83. The zero-order valence-electron chi connectivity index (χ0n) is 8.85. The van der Waals surface area contributed by atoms with Crippen LogP contribution in [-0.4, -0.2) is 29.9 Å². The average molecular weight is 305 g/mol. The number of rotatable bonds is 5. The third-order valence-corrected chi connectivity index (χ3v) is 3.84. The number of hydrogen-bond acceptors (Lipinski definition) is 5. The van der Waals surface area contributed by atoms with Gasteiger partial charge < -0.3 is 10.5 Å². The molecule has 1 atom stereocenters. The number of carbonyl (C=O) groups is 1. The van der Waals surface area contributed by atoms with Gasteiger partial charge in [-0.2, -0.15) is 0 Å². The molecule has 0 amide bonds. The molecule has 0 aromatic carbocycles. The molecule has 88 valence electrons. The lowest BCUT2D eigenvalue weighted by Crippen LogP contribution is -2.31. The third-order valence-electron chi connectivity index (χ3n) is 1.90. The number of thioether (sulfide) groups is 1. The quantitative estimate of drug-likeness (QED) is 0.664. The van der Waals surface area contributed by atoms with Crippen LogP contribution in [0, 0.1) is 0 Å². The summed E-state index contributed by atoms with van der Waals surface area (Å²) in [5.41, 5.74) is 5.61. The van der Waals surface area contributed by atoms with Gasteiger partial charge in [0.15, 0.2) is 0 Å². The first-order valence-corrected chi connectivity index (χ1v) is 6.49. The summed E-state index contributed by atoms with van der Waals surface area (Å²) in [6.45, 7) is 0. The molecule has 1 rings (SSSR count). The number of aromatic nitrogens is 1. The van der Waals surface area contributed by atoms with Gasteiger partial charge in [-0.15, -0.1) is 11.8 Å². The highest BCUT2D eigenvalue weighted by Crippen LogP contribution is 2.25. The Balaban J connectivity index is 2.36. The summed E-state index contributed by atoms with van der Waals surface area (Å²) in [5.74, 6) is 0.354. The van der Waals surface area contributed by atoms with Crippen LogP contribution in [0.2, 0.25) is 0 Å². The number of nitrogens with zero attached hydrogens (tertiary/aromatic N) is 1. The van der Waals surface area contributed by atoms with Gasteiger partial charge in [-0.3, -0.25) is 4.79 Å². The van der Waals surface area contributed by atoms with Crippen LogP contribution in [-0.2, 0) is 9.53 Å². The van der Waals surface area contributed by atoms with Gasteiger partial charge in [0.2, 0.25) is 0 Å². The van der Waals surface area contributed by atoms with Crippen molar-refractivity contribution in [1.29, 1.82) is 0 Å². The van der Waals surface area contributed by atoms with E-state index in [4.69, 9.17) is 5.73 Å². The second-order valence-electron chi connectivity index (χ2n) is 3.06. The fourth-order valence-electron chi connectivity index (χ4n) is 1.03. The molecule has 0 saturated carbocycles. The van der Waals surface area contributed by atoms with E-state index in [0.717, 1.165) is 15.3 Å². The number of nitrogens with two attached hydrogens (primary N) is 1. The van der Waals surface area contributed by atoms with Crippen molar-refractivity contribution in [3.05, 3.63) is 22.8 Å². The predicted molar refractivity (Wildman–Crippen MR) is 67.3 cm³/mol. The molecule has 16 heavy (non-hydrogen) atoms. The van der Waals surface area contributed by atoms with Crippen molar-refractivity contribution in [1.82, 2.24) is 4.98 Å². The second-order valence-corrected chi connectivity index (χ2v) is 5.00.